The van der Waals surface area contributed by atoms with Gasteiger partial charge in [0.1, 0.15) is 11.6 Å². The van der Waals surface area contributed by atoms with E-state index in [0.717, 1.165) is 53.3 Å². The van der Waals surface area contributed by atoms with Gasteiger partial charge < -0.3 is 16.0 Å². The molecule has 0 spiro atoms. The van der Waals surface area contributed by atoms with Crippen molar-refractivity contribution in [1.82, 2.24) is 25.3 Å². The van der Waals surface area contributed by atoms with E-state index >= 15 is 0 Å². The van der Waals surface area contributed by atoms with Crippen molar-refractivity contribution in [3.05, 3.63) is 65.6 Å². The van der Waals surface area contributed by atoms with Crippen LogP contribution in [-0.4, -0.2) is 39.1 Å². The van der Waals surface area contributed by atoms with Crippen LogP contribution in [0.1, 0.15) is 44.6 Å². The summed E-state index contributed by atoms with van der Waals surface area (Å²) >= 11 is 6.03. The molecule has 1 unspecified atom stereocenters. The molecule has 0 radical (unpaired) electrons. The van der Waals surface area contributed by atoms with Crippen LogP contribution in [0, 0.1) is 5.41 Å². The van der Waals surface area contributed by atoms with E-state index in [9.17, 15) is 0 Å². The summed E-state index contributed by atoms with van der Waals surface area (Å²) in [7, 11) is 0. The number of rotatable bonds is 6. The Labute approximate surface area is 216 Å². The van der Waals surface area contributed by atoms with Crippen LogP contribution in [0.25, 0.3) is 22.3 Å². The summed E-state index contributed by atoms with van der Waals surface area (Å²) in [6.07, 6.45) is 9.09. The van der Waals surface area contributed by atoms with Crippen LogP contribution >= 0.6 is 11.6 Å². The van der Waals surface area contributed by atoms with Gasteiger partial charge in [-0.05, 0) is 79.1 Å². The monoisotopic (exact) mass is 499 g/mol. The van der Waals surface area contributed by atoms with Crippen LogP contribution in [0.3, 0.4) is 0 Å². The van der Waals surface area contributed by atoms with Gasteiger partial charge >= 0.3 is 0 Å². The molecule has 7 nitrogen and oxygen atoms in total. The number of fused-ring (bicyclic) bond motifs is 1. The smallest absolute Gasteiger partial charge is 0.162 e. The van der Waals surface area contributed by atoms with E-state index in [4.69, 9.17) is 21.6 Å². The van der Waals surface area contributed by atoms with E-state index in [1.54, 1.807) is 6.20 Å². The Bertz CT molecular complexity index is 1400. The molecule has 2 fully saturated rings. The minimum atomic E-state index is 0.106. The maximum absolute atomic E-state index is 6.03. The molecular formula is C28H30ClN7. The number of aromatic nitrogens is 4. The Morgan fingerprint density at radius 3 is 2.64 bits per heavy atom. The molecule has 4 aromatic rings. The molecule has 1 aliphatic carbocycles. The van der Waals surface area contributed by atoms with E-state index in [0.29, 0.717) is 22.8 Å². The number of hydrogen-bond acceptors (Lipinski definition) is 7. The third kappa shape index (κ3) is 4.73. The fraction of sp³-hybridized carbons (Fsp3) is 0.357. The van der Waals surface area contributed by atoms with Crippen molar-refractivity contribution in [2.45, 2.75) is 45.1 Å². The topological polar surface area (TPSA) is 87.7 Å². The van der Waals surface area contributed by atoms with Crippen molar-refractivity contribution in [1.29, 1.82) is 0 Å². The molecule has 184 valence electrons. The predicted octanol–water partition coefficient (Wildman–Crippen LogP) is 6.16. The van der Waals surface area contributed by atoms with Crippen molar-refractivity contribution in [3.63, 3.8) is 0 Å². The second-order valence-electron chi connectivity index (χ2n) is 10.5. The number of pyridine rings is 2. The zero-order chi connectivity index (χ0) is 24.7. The van der Waals surface area contributed by atoms with E-state index < -0.39 is 0 Å². The fourth-order valence-electron chi connectivity index (χ4n) is 4.97. The third-order valence-corrected chi connectivity index (χ3v) is 7.48. The number of piperidine rings is 1. The summed E-state index contributed by atoms with van der Waals surface area (Å²) in [5.74, 6) is 2.84. The lowest BCUT2D eigenvalue weighted by atomic mass is 9.80. The first kappa shape index (κ1) is 23.1. The maximum atomic E-state index is 6.03. The largest absolute Gasteiger partial charge is 0.366 e. The second-order valence-corrected chi connectivity index (χ2v) is 10.9. The average Bonchev–Trinajstić information content (AvgIpc) is 3.72. The van der Waals surface area contributed by atoms with E-state index in [1.807, 2.05) is 48.8 Å². The van der Waals surface area contributed by atoms with Crippen molar-refractivity contribution >= 4 is 39.8 Å². The average molecular weight is 500 g/mol. The van der Waals surface area contributed by atoms with Gasteiger partial charge in [-0.2, -0.15) is 0 Å². The molecule has 4 heterocycles. The molecule has 2 aliphatic rings. The Kier molecular flexibility index (Phi) is 5.97. The minimum absolute atomic E-state index is 0.106. The molecular weight excluding hydrogens is 470 g/mol. The molecule has 36 heavy (non-hydrogen) atoms. The zero-order valence-corrected chi connectivity index (χ0v) is 21.3. The normalized spacial score (nSPS) is 19.2. The quantitative estimate of drug-likeness (QED) is 0.292. The fourth-order valence-corrected chi connectivity index (χ4v) is 5.09. The summed E-state index contributed by atoms with van der Waals surface area (Å²) in [5, 5.41) is 12.5. The van der Waals surface area contributed by atoms with Crippen LogP contribution in [0.5, 0.6) is 0 Å². The van der Waals surface area contributed by atoms with Crippen molar-refractivity contribution < 1.29 is 0 Å². The van der Waals surface area contributed by atoms with Crippen LogP contribution in [0.15, 0.2) is 55.0 Å². The van der Waals surface area contributed by atoms with E-state index in [2.05, 4.69) is 39.8 Å². The summed E-state index contributed by atoms with van der Waals surface area (Å²) in [6, 6.07) is 11.8. The van der Waals surface area contributed by atoms with Gasteiger partial charge in [0.25, 0.3) is 0 Å². The third-order valence-electron chi connectivity index (χ3n) is 7.23. The molecule has 0 bridgehead atoms. The lowest BCUT2D eigenvalue weighted by molar-refractivity contribution is 0.236. The molecule has 1 atom stereocenters. The first-order valence-electron chi connectivity index (χ1n) is 12.6. The van der Waals surface area contributed by atoms with Gasteiger partial charge in [0.15, 0.2) is 5.82 Å². The molecule has 0 amide bonds. The number of nitrogens with zero attached hydrogens (tertiary/aromatic N) is 4. The summed E-state index contributed by atoms with van der Waals surface area (Å²) < 4.78 is 0. The van der Waals surface area contributed by atoms with Crippen LogP contribution in [-0.2, 0) is 0 Å². The number of nitrogens with one attached hydrogen (secondary N) is 3. The van der Waals surface area contributed by atoms with Gasteiger partial charge in [0.05, 0.1) is 11.7 Å². The summed E-state index contributed by atoms with van der Waals surface area (Å²) in [6.45, 7) is 6.59. The van der Waals surface area contributed by atoms with Gasteiger partial charge in [-0.25, -0.2) is 15.0 Å². The van der Waals surface area contributed by atoms with Crippen molar-refractivity contribution in [2.75, 3.05) is 23.7 Å². The minimum Gasteiger partial charge on any atom is -0.366 e. The Balaban J connectivity index is 1.41. The van der Waals surface area contributed by atoms with Gasteiger partial charge in [-0.1, -0.05) is 25.4 Å². The summed E-state index contributed by atoms with van der Waals surface area (Å²) in [5.41, 5.74) is 4.05. The molecule has 8 heteroatoms. The maximum Gasteiger partial charge on any atom is 0.162 e. The number of hydrogen-bond donors (Lipinski definition) is 3. The lowest BCUT2D eigenvalue weighted by Gasteiger charge is -2.40. The van der Waals surface area contributed by atoms with E-state index in [1.165, 1.54) is 18.4 Å². The molecule has 3 aromatic heterocycles. The van der Waals surface area contributed by atoms with Gasteiger partial charge in [0, 0.05) is 46.6 Å². The van der Waals surface area contributed by atoms with Crippen molar-refractivity contribution in [3.8, 4) is 11.4 Å². The van der Waals surface area contributed by atoms with Crippen molar-refractivity contribution in [2.24, 2.45) is 5.41 Å². The predicted molar refractivity (Wildman–Crippen MR) is 146 cm³/mol. The van der Waals surface area contributed by atoms with Crippen LogP contribution < -0.4 is 16.0 Å². The van der Waals surface area contributed by atoms with Crippen LogP contribution in [0.4, 0.5) is 17.3 Å². The highest BCUT2D eigenvalue weighted by atomic mass is 35.5. The summed E-state index contributed by atoms with van der Waals surface area (Å²) in [4.78, 5) is 19.1. The standard InChI is InChI=1S/C28H30ClN7/c1-28(2)16-30-11-10-23(28)35-27-25-21(17-3-4-17)14-31-15-22(25)34-26(36-27)18-9-12-32-24(13-18)33-20-7-5-19(29)6-8-20/h5-9,12-15,17,23,30H,3-4,10-11,16H2,1-2H3,(H,32,33)(H,34,35,36). The Hall–Kier alpha value is -3.29. The number of halogens is 1. The first-order chi connectivity index (χ1) is 17.5. The lowest BCUT2D eigenvalue weighted by Crippen LogP contribution is -2.49. The molecule has 6 rings (SSSR count). The van der Waals surface area contributed by atoms with E-state index in [-0.39, 0.29) is 5.41 Å². The number of anilines is 3. The molecule has 1 aromatic carbocycles. The Morgan fingerprint density at radius 2 is 1.86 bits per heavy atom. The highest BCUT2D eigenvalue weighted by Crippen LogP contribution is 2.44. The zero-order valence-electron chi connectivity index (χ0n) is 20.6. The Morgan fingerprint density at radius 1 is 1.03 bits per heavy atom. The number of benzene rings is 1. The first-order valence-corrected chi connectivity index (χ1v) is 13.0. The molecule has 1 saturated carbocycles. The molecule has 1 saturated heterocycles. The SMILES string of the molecule is CC1(C)CNCCC1Nc1nc(-c2ccnc(Nc3ccc(Cl)cc3)c2)nc2cncc(C3CC3)c12. The van der Waals surface area contributed by atoms with Crippen LogP contribution in [0.2, 0.25) is 5.02 Å². The van der Waals surface area contributed by atoms with Gasteiger partial charge in [-0.15, -0.1) is 0 Å². The molecule has 1 aliphatic heterocycles. The second kappa shape index (κ2) is 9.30. The highest BCUT2D eigenvalue weighted by molar-refractivity contribution is 6.30. The highest BCUT2D eigenvalue weighted by Gasteiger charge is 2.34. The van der Waals surface area contributed by atoms with Gasteiger partial charge in [0.2, 0.25) is 0 Å². The molecule has 3 N–H and O–H groups in total. The van der Waals surface area contributed by atoms with Gasteiger partial charge in [-0.3, -0.25) is 4.98 Å².